The van der Waals surface area contributed by atoms with Crippen molar-refractivity contribution >= 4 is 11.6 Å². The standard InChI is InChI=1S/C18H21N5O/c1-13-6-7-17-19-15(12-22(17)11-13)18(24)23-9-4-3-5-16(23)14-8-10-21(2)20-14/h6-8,10-12,16H,3-5,9H2,1-2H3/t16-/m0/s1. The molecule has 4 rings (SSSR count). The minimum Gasteiger partial charge on any atom is -0.329 e. The van der Waals surface area contributed by atoms with Gasteiger partial charge in [-0.15, -0.1) is 0 Å². The number of imidazole rings is 1. The predicted molar refractivity (Wildman–Crippen MR) is 90.8 cm³/mol. The molecule has 0 N–H and O–H groups in total. The fourth-order valence-electron chi connectivity index (χ4n) is 3.45. The number of amides is 1. The lowest BCUT2D eigenvalue weighted by atomic mass is 9.99. The molecule has 3 aromatic heterocycles. The quantitative estimate of drug-likeness (QED) is 0.728. The van der Waals surface area contributed by atoms with E-state index in [2.05, 4.69) is 10.1 Å². The number of aryl methyl sites for hydroxylation is 2. The van der Waals surface area contributed by atoms with E-state index in [-0.39, 0.29) is 11.9 Å². The van der Waals surface area contributed by atoms with Gasteiger partial charge in [-0.3, -0.25) is 9.48 Å². The molecule has 6 heteroatoms. The predicted octanol–water partition coefficient (Wildman–Crippen LogP) is 2.74. The molecule has 0 radical (unpaired) electrons. The van der Waals surface area contributed by atoms with Gasteiger partial charge in [-0.2, -0.15) is 5.10 Å². The number of hydrogen-bond acceptors (Lipinski definition) is 3. The molecule has 3 aromatic rings. The Kier molecular flexibility index (Phi) is 3.59. The monoisotopic (exact) mass is 323 g/mol. The lowest BCUT2D eigenvalue weighted by Crippen LogP contribution is -2.39. The normalized spacial score (nSPS) is 18.2. The number of likely N-dealkylation sites (tertiary alicyclic amines) is 1. The summed E-state index contributed by atoms with van der Waals surface area (Å²) in [6.07, 6.45) is 8.85. The largest absolute Gasteiger partial charge is 0.329 e. The fourth-order valence-corrected chi connectivity index (χ4v) is 3.45. The number of nitrogens with zero attached hydrogens (tertiary/aromatic N) is 5. The number of fused-ring (bicyclic) bond motifs is 1. The van der Waals surface area contributed by atoms with Gasteiger partial charge in [0.25, 0.3) is 5.91 Å². The van der Waals surface area contributed by atoms with E-state index in [0.717, 1.165) is 42.7 Å². The van der Waals surface area contributed by atoms with Gasteiger partial charge in [-0.25, -0.2) is 4.98 Å². The Balaban J connectivity index is 1.67. The maximum absolute atomic E-state index is 13.1. The second-order valence-electron chi connectivity index (χ2n) is 6.52. The lowest BCUT2D eigenvalue weighted by Gasteiger charge is -2.34. The molecule has 6 nitrogen and oxygen atoms in total. The average molecular weight is 323 g/mol. The fraction of sp³-hybridized carbons (Fsp3) is 0.389. The van der Waals surface area contributed by atoms with Crippen molar-refractivity contribution in [2.45, 2.75) is 32.2 Å². The molecule has 0 saturated carbocycles. The Morgan fingerprint density at radius 1 is 1.21 bits per heavy atom. The Labute approximate surface area is 140 Å². The SMILES string of the molecule is Cc1ccc2nc(C(=O)N3CCCC[C@H]3c3ccn(C)n3)cn2c1. The van der Waals surface area contributed by atoms with Crippen LogP contribution in [-0.2, 0) is 7.05 Å². The number of rotatable bonds is 2. The smallest absolute Gasteiger partial charge is 0.274 e. The minimum absolute atomic E-state index is 0.00768. The molecule has 1 fully saturated rings. The van der Waals surface area contributed by atoms with E-state index in [1.165, 1.54) is 0 Å². The topological polar surface area (TPSA) is 55.4 Å². The molecule has 24 heavy (non-hydrogen) atoms. The van der Waals surface area contributed by atoms with Crippen molar-refractivity contribution < 1.29 is 4.79 Å². The van der Waals surface area contributed by atoms with Crippen LogP contribution in [-0.4, -0.2) is 36.5 Å². The summed E-state index contributed by atoms with van der Waals surface area (Å²) in [4.78, 5) is 19.5. The number of aromatic nitrogens is 4. The molecule has 1 atom stereocenters. The van der Waals surface area contributed by atoms with Gasteiger partial charge in [0, 0.05) is 32.2 Å². The molecule has 124 valence electrons. The zero-order chi connectivity index (χ0) is 16.7. The second kappa shape index (κ2) is 5.78. The van der Waals surface area contributed by atoms with Gasteiger partial charge in [0.1, 0.15) is 11.3 Å². The van der Waals surface area contributed by atoms with E-state index >= 15 is 0 Å². The van der Waals surface area contributed by atoms with Gasteiger partial charge >= 0.3 is 0 Å². The van der Waals surface area contributed by atoms with Gasteiger partial charge in [0.05, 0.1) is 11.7 Å². The molecular formula is C18H21N5O. The molecular weight excluding hydrogens is 302 g/mol. The first-order valence-corrected chi connectivity index (χ1v) is 8.38. The van der Waals surface area contributed by atoms with E-state index < -0.39 is 0 Å². The van der Waals surface area contributed by atoms with Crippen LogP contribution in [0.25, 0.3) is 5.65 Å². The van der Waals surface area contributed by atoms with Gasteiger partial charge in [0.15, 0.2) is 0 Å². The zero-order valence-electron chi connectivity index (χ0n) is 14.0. The Morgan fingerprint density at radius 2 is 2.08 bits per heavy atom. The number of pyridine rings is 1. The Morgan fingerprint density at radius 3 is 2.88 bits per heavy atom. The lowest BCUT2D eigenvalue weighted by molar-refractivity contribution is 0.0600. The molecule has 4 heterocycles. The number of piperidine rings is 1. The third-order valence-electron chi connectivity index (χ3n) is 4.66. The van der Waals surface area contributed by atoms with Crippen molar-refractivity contribution in [1.29, 1.82) is 0 Å². The molecule has 0 unspecified atom stereocenters. The summed E-state index contributed by atoms with van der Waals surface area (Å²) in [5, 5.41) is 4.51. The Bertz CT molecular complexity index is 894. The number of carbonyl (C=O) groups is 1. The van der Waals surface area contributed by atoms with Crippen LogP contribution >= 0.6 is 0 Å². The van der Waals surface area contributed by atoms with Crippen molar-refractivity contribution in [3.63, 3.8) is 0 Å². The summed E-state index contributed by atoms with van der Waals surface area (Å²) >= 11 is 0. The van der Waals surface area contributed by atoms with Crippen LogP contribution in [0.4, 0.5) is 0 Å². The third-order valence-corrected chi connectivity index (χ3v) is 4.66. The molecule has 1 aliphatic rings. The van der Waals surface area contributed by atoms with Crippen LogP contribution in [0.3, 0.4) is 0 Å². The van der Waals surface area contributed by atoms with Gasteiger partial charge in [-0.1, -0.05) is 6.07 Å². The summed E-state index contributed by atoms with van der Waals surface area (Å²) in [5.41, 5.74) is 3.41. The van der Waals surface area contributed by atoms with Crippen molar-refractivity contribution in [3.8, 4) is 0 Å². The van der Waals surface area contributed by atoms with E-state index in [1.54, 1.807) is 4.68 Å². The van der Waals surface area contributed by atoms with Crippen molar-refractivity contribution in [2.75, 3.05) is 6.54 Å². The first kappa shape index (κ1) is 14.9. The maximum atomic E-state index is 13.1. The molecule has 1 saturated heterocycles. The summed E-state index contributed by atoms with van der Waals surface area (Å²) < 4.78 is 3.71. The summed E-state index contributed by atoms with van der Waals surface area (Å²) in [5.74, 6) is -0.00768. The van der Waals surface area contributed by atoms with Crippen molar-refractivity contribution in [2.24, 2.45) is 7.05 Å². The van der Waals surface area contributed by atoms with Crippen LogP contribution in [0.15, 0.2) is 36.8 Å². The van der Waals surface area contributed by atoms with Crippen molar-refractivity contribution in [1.82, 2.24) is 24.1 Å². The molecule has 0 bridgehead atoms. The van der Waals surface area contributed by atoms with Crippen LogP contribution in [0.5, 0.6) is 0 Å². The molecule has 1 aliphatic heterocycles. The summed E-state index contributed by atoms with van der Waals surface area (Å²) in [7, 11) is 1.91. The zero-order valence-corrected chi connectivity index (χ0v) is 14.0. The number of hydrogen-bond donors (Lipinski definition) is 0. The van der Waals surface area contributed by atoms with Crippen LogP contribution in [0, 0.1) is 6.92 Å². The van der Waals surface area contributed by atoms with Gasteiger partial charge < -0.3 is 9.30 Å². The van der Waals surface area contributed by atoms with Gasteiger partial charge in [-0.05, 0) is 43.9 Å². The van der Waals surface area contributed by atoms with Crippen LogP contribution in [0.1, 0.15) is 47.1 Å². The number of carbonyl (C=O) groups excluding carboxylic acids is 1. The van der Waals surface area contributed by atoms with E-state index in [0.29, 0.717) is 5.69 Å². The van der Waals surface area contributed by atoms with E-state index in [9.17, 15) is 4.79 Å². The average Bonchev–Trinajstić information content (AvgIpc) is 3.20. The van der Waals surface area contributed by atoms with Crippen LogP contribution in [0.2, 0.25) is 0 Å². The van der Waals surface area contributed by atoms with Crippen molar-refractivity contribution in [3.05, 3.63) is 53.7 Å². The summed E-state index contributed by atoms with van der Waals surface area (Å²) in [6.45, 7) is 2.79. The molecule has 1 amide bonds. The molecule has 0 aliphatic carbocycles. The van der Waals surface area contributed by atoms with Crippen LogP contribution < -0.4 is 0 Å². The van der Waals surface area contributed by atoms with Gasteiger partial charge in [0.2, 0.25) is 0 Å². The van der Waals surface area contributed by atoms with E-state index in [1.807, 2.05) is 60.1 Å². The molecule has 0 spiro atoms. The highest BCUT2D eigenvalue weighted by Crippen LogP contribution is 2.31. The highest BCUT2D eigenvalue weighted by Gasteiger charge is 2.31. The minimum atomic E-state index is -0.00768. The molecule has 0 aromatic carbocycles. The second-order valence-corrected chi connectivity index (χ2v) is 6.52. The third kappa shape index (κ3) is 2.58. The first-order chi connectivity index (χ1) is 11.6. The maximum Gasteiger partial charge on any atom is 0.274 e. The highest BCUT2D eigenvalue weighted by atomic mass is 16.2. The summed E-state index contributed by atoms with van der Waals surface area (Å²) in [6, 6.07) is 6.00. The first-order valence-electron chi connectivity index (χ1n) is 8.38. The highest BCUT2D eigenvalue weighted by molar-refractivity contribution is 5.93. The Hall–Kier alpha value is -2.63. The van der Waals surface area contributed by atoms with E-state index in [4.69, 9.17) is 0 Å².